The second kappa shape index (κ2) is 8.69. The molecule has 2 aromatic carbocycles. The van der Waals surface area contributed by atoms with E-state index >= 15 is 0 Å². The normalized spacial score (nSPS) is 16.2. The third kappa shape index (κ3) is 4.40. The smallest absolute Gasteiger partial charge is 0.269 e. The monoisotopic (exact) mass is 458 g/mol. The summed E-state index contributed by atoms with van der Waals surface area (Å²) in [5.41, 5.74) is 0.0444. The molecule has 3 rings (SSSR count). The molecule has 0 aliphatic carbocycles. The molecular formula is C20H18N4O7S. The highest BCUT2D eigenvalue weighted by molar-refractivity contribution is 7.89. The lowest BCUT2D eigenvalue weighted by atomic mass is 10.1. The number of hydrogen-bond donors (Lipinski definition) is 1. The van der Waals surface area contributed by atoms with Gasteiger partial charge < -0.3 is 4.90 Å². The van der Waals surface area contributed by atoms with Gasteiger partial charge in [0, 0.05) is 24.2 Å². The largest absolute Gasteiger partial charge is 0.322 e. The molecule has 1 aliphatic rings. The molecule has 12 heteroatoms. The van der Waals surface area contributed by atoms with Crippen molar-refractivity contribution in [2.45, 2.75) is 17.4 Å². The van der Waals surface area contributed by atoms with Crippen LogP contribution in [0.25, 0.3) is 0 Å². The summed E-state index contributed by atoms with van der Waals surface area (Å²) in [5.74, 6) is -1.85. The Kier molecular flexibility index (Phi) is 6.18. The van der Waals surface area contributed by atoms with Crippen molar-refractivity contribution >= 4 is 39.1 Å². The highest BCUT2D eigenvalue weighted by Gasteiger charge is 2.44. The van der Waals surface area contributed by atoms with Gasteiger partial charge in [-0.15, -0.1) is 6.58 Å². The van der Waals surface area contributed by atoms with Gasteiger partial charge in [0.05, 0.1) is 21.9 Å². The predicted octanol–water partition coefficient (Wildman–Crippen LogP) is 1.20. The van der Waals surface area contributed by atoms with E-state index in [2.05, 4.69) is 6.58 Å². The van der Waals surface area contributed by atoms with Crippen molar-refractivity contribution in [1.82, 2.24) is 4.90 Å². The van der Waals surface area contributed by atoms with Gasteiger partial charge in [-0.1, -0.05) is 6.08 Å². The summed E-state index contributed by atoms with van der Waals surface area (Å²) < 4.78 is 22.8. The number of non-ortho nitro benzene ring substituents is 1. The zero-order valence-electron chi connectivity index (χ0n) is 16.6. The van der Waals surface area contributed by atoms with E-state index in [-0.39, 0.29) is 34.8 Å². The molecule has 166 valence electrons. The molecule has 1 fully saturated rings. The van der Waals surface area contributed by atoms with Crippen molar-refractivity contribution in [3.05, 3.63) is 76.9 Å². The molecule has 0 bridgehead atoms. The number of primary sulfonamides is 1. The molecule has 0 radical (unpaired) electrons. The van der Waals surface area contributed by atoms with Crippen LogP contribution in [0.4, 0.5) is 11.4 Å². The van der Waals surface area contributed by atoms with Crippen molar-refractivity contribution in [3.63, 3.8) is 0 Å². The molecule has 1 unspecified atom stereocenters. The minimum Gasteiger partial charge on any atom is -0.322 e. The minimum absolute atomic E-state index is 0.0439. The van der Waals surface area contributed by atoms with Gasteiger partial charge in [0.25, 0.3) is 17.5 Å². The second-order valence-corrected chi connectivity index (χ2v) is 8.44. The van der Waals surface area contributed by atoms with Crippen LogP contribution in [-0.4, -0.2) is 48.5 Å². The first kappa shape index (κ1) is 22.8. The average Bonchev–Trinajstić information content (AvgIpc) is 3.04. The Balaban J connectivity index is 1.88. The first-order valence-electron chi connectivity index (χ1n) is 9.20. The van der Waals surface area contributed by atoms with Gasteiger partial charge in [-0.25, -0.2) is 18.5 Å². The van der Waals surface area contributed by atoms with Crippen LogP contribution in [0, 0.1) is 10.1 Å². The van der Waals surface area contributed by atoms with E-state index in [0.717, 1.165) is 9.80 Å². The number of carbonyl (C=O) groups excluding carboxylic acids is 3. The van der Waals surface area contributed by atoms with Crippen molar-refractivity contribution in [1.29, 1.82) is 0 Å². The number of imide groups is 1. The summed E-state index contributed by atoms with van der Waals surface area (Å²) in [6, 6.07) is 8.62. The molecule has 1 heterocycles. The van der Waals surface area contributed by atoms with Crippen LogP contribution in [0.5, 0.6) is 0 Å². The number of amides is 3. The van der Waals surface area contributed by atoms with Crippen LogP contribution in [0.2, 0.25) is 0 Å². The van der Waals surface area contributed by atoms with Gasteiger partial charge in [-0.3, -0.25) is 24.5 Å². The summed E-state index contributed by atoms with van der Waals surface area (Å²) in [4.78, 5) is 50.7. The third-order valence-electron chi connectivity index (χ3n) is 4.83. The van der Waals surface area contributed by atoms with Crippen molar-refractivity contribution < 1.29 is 27.7 Å². The fourth-order valence-corrected chi connectivity index (χ4v) is 3.81. The number of anilines is 1. The Hall–Kier alpha value is -3.90. The average molecular weight is 458 g/mol. The van der Waals surface area contributed by atoms with Crippen molar-refractivity contribution in [2.75, 3.05) is 11.4 Å². The van der Waals surface area contributed by atoms with E-state index in [1.165, 1.54) is 54.6 Å². The summed E-state index contributed by atoms with van der Waals surface area (Å²) in [6.45, 7) is 3.53. The Morgan fingerprint density at radius 2 is 1.78 bits per heavy atom. The van der Waals surface area contributed by atoms with Gasteiger partial charge in [0.15, 0.2) is 0 Å². The zero-order chi connectivity index (χ0) is 23.6. The number of rotatable bonds is 7. The lowest BCUT2D eigenvalue weighted by Crippen LogP contribution is -2.45. The third-order valence-corrected chi connectivity index (χ3v) is 5.76. The standard InChI is InChI=1S/C20H18N4O7S/c1-2-11-22(19(26)13-3-5-15(6-4-13)24(28)29)17-12-18(25)23(20(17)27)14-7-9-16(10-8-14)32(21,30)31/h2-10,17H,1,11-12H2,(H2,21,30,31). The van der Waals surface area contributed by atoms with Gasteiger partial charge in [-0.2, -0.15) is 0 Å². The van der Waals surface area contributed by atoms with Crippen LogP contribution in [0.3, 0.4) is 0 Å². The number of sulfonamides is 1. The Bertz CT molecular complexity index is 1210. The predicted molar refractivity (Wildman–Crippen MR) is 113 cm³/mol. The van der Waals surface area contributed by atoms with Gasteiger partial charge >= 0.3 is 0 Å². The second-order valence-electron chi connectivity index (χ2n) is 6.88. The number of nitrogens with zero attached hydrogens (tertiary/aromatic N) is 3. The quantitative estimate of drug-likeness (QED) is 0.282. The Morgan fingerprint density at radius 1 is 1.19 bits per heavy atom. The highest BCUT2D eigenvalue weighted by Crippen LogP contribution is 2.28. The number of hydrogen-bond acceptors (Lipinski definition) is 7. The van der Waals surface area contributed by atoms with E-state index in [1.54, 1.807) is 0 Å². The zero-order valence-corrected chi connectivity index (χ0v) is 17.4. The van der Waals surface area contributed by atoms with Crippen molar-refractivity contribution in [3.8, 4) is 0 Å². The summed E-state index contributed by atoms with van der Waals surface area (Å²) >= 11 is 0. The Morgan fingerprint density at radius 3 is 2.28 bits per heavy atom. The van der Waals surface area contributed by atoms with Gasteiger partial charge in [-0.05, 0) is 36.4 Å². The van der Waals surface area contributed by atoms with Gasteiger partial charge in [0.1, 0.15) is 6.04 Å². The maximum atomic E-state index is 13.0. The molecule has 3 amide bonds. The molecule has 0 saturated carbocycles. The summed E-state index contributed by atoms with van der Waals surface area (Å²) in [6.07, 6.45) is 1.10. The molecule has 0 spiro atoms. The molecule has 1 aliphatic heterocycles. The van der Waals surface area contributed by atoms with Crippen LogP contribution in [0.15, 0.2) is 66.1 Å². The molecule has 1 saturated heterocycles. The maximum absolute atomic E-state index is 13.0. The molecule has 2 aromatic rings. The Labute approximate surface area is 182 Å². The number of benzene rings is 2. The number of carbonyl (C=O) groups is 3. The lowest BCUT2D eigenvalue weighted by Gasteiger charge is -2.26. The minimum atomic E-state index is -3.95. The first-order valence-corrected chi connectivity index (χ1v) is 10.7. The van der Waals surface area contributed by atoms with E-state index in [0.29, 0.717) is 0 Å². The first-order chi connectivity index (χ1) is 15.0. The lowest BCUT2D eigenvalue weighted by molar-refractivity contribution is -0.384. The molecule has 1 atom stereocenters. The van der Waals surface area contributed by atoms with Gasteiger partial charge in [0.2, 0.25) is 15.9 Å². The molecule has 11 nitrogen and oxygen atoms in total. The molecule has 2 N–H and O–H groups in total. The molecule has 0 aromatic heterocycles. The number of nitro groups is 1. The van der Waals surface area contributed by atoms with Crippen LogP contribution in [0.1, 0.15) is 16.8 Å². The summed E-state index contributed by atoms with van der Waals surface area (Å²) in [7, 11) is -3.95. The number of nitrogens with two attached hydrogens (primary N) is 1. The number of nitro benzene ring substituents is 1. The highest BCUT2D eigenvalue weighted by atomic mass is 32.2. The fraction of sp³-hybridized carbons (Fsp3) is 0.150. The van der Waals surface area contributed by atoms with E-state index in [4.69, 9.17) is 5.14 Å². The van der Waals surface area contributed by atoms with E-state index in [1.807, 2.05) is 0 Å². The van der Waals surface area contributed by atoms with Crippen LogP contribution >= 0.6 is 0 Å². The maximum Gasteiger partial charge on any atom is 0.269 e. The SMILES string of the molecule is C=CCN(C(=O)c1ccc([N+](=O)[O-])cc1)C1CC(=O)N(c2ccc(S(N)(=O)=O)cc2)C1=O. The summed E-state index contributed by atoms with van der Waals surface area (Å²) in [5, 5.41) is 15.9. The topological polar surface area (TPSA) is 161 Å². The fourth-order valence-electron chi connectivity index (χ4n) is 3.30. The van der Waals surface area contributed by atoms with E-state index in [9.17, 15) is 32.9 Å². The van der Waals surface area contributed by atoms with Crippen LogP contribution < -0.4 is 10.0 Å². The molecular weight excluding hydrogens is 440 g/mol. The van der Waals surface area contributed by atoms with Crippen molar-refractivity contribution in [2.24, 2.45) is 5.14 Å². The van der Waals surface area contributed by atoms with Crippen LogP contribution in [-0.2, 0) is 19.6 Å². The molecule has 32 heavy (non-hydrogen) atoms. The van der Waals surface area contributed by atoms with E-state index < -0.39 is 38.7 Å².